The van der Waals surface area contributed by atoms with E-state index in [1.807, 2.05) is 20.8 Å². The Hall–Kier alpha value is -1.67. The smallest absolute Gasteiger partial charge is 0.293 e. The molecule has 0 fully saturated rings. The lowest BCUT2D eigenvalue weighted by Gasteiger charge is -2.10. The highest BCUT2D eigenvalue weighted by Crippen LogP contribution is 2.27. The zero-order chi connectivity index (χ0) is 16.0. The van der Waals surface area contributed by atoms with Crippen LogP contribution in [0.3, 0.4) is 0 Å². The number of nitrogens with zero attached hydrogens (tertiary/aromatic N) is 1. The minimum absolute atomic E-state index is 0.100. The van der Waals surface area contributed by atoms with Gasteiger partial charge in [0.15, 0.2) is 0 Å². The molecule has 8 heteroatoms. The number of rotatable bonds is 8. The Morgan fingerprint density at radius 2 is 2.00 bits per heavy atom. The van der Waals surface area contributed by atoms with Gasteiger partial charge in [0.2, 0.25) is 10.0 Å². The Kier molecular flexibility index (Phi) is 6.10. The first-order valence-corrected chi connectivity index (χ1v) is 8.28. The van der Waals surface area contributed by atoms with Crippen molar-refractivity contribution in [3.8, 4) is 0 Å². The van der Waals surface area contributed by atoms with Crippen LogP contribution < -0.4 is 10.0 Å². The van der Waals surface area contributed by atoms with Crippen molar-refractivity contribution in [1.82, 2.24) is 4.72 Å². The maximum absolute atomic E-state index is 12.1. The Balaban J connectivity index is 3.10. The minimum Gasteiger partial charge on any atom is -0.380 e. The van der Waals surface area contributed by atoms with Gasteiger partial charge in [0.1, 0.15) is 5.69 Å². The van der Waals surface area contributed by atoms with Gasteiger partial charge in [0.25, 0.3) is 5.69 Å². The third-order valence-electron chi connectivity index (χ3n) is 2.72. The van der Waals surface area contributed by atoms with Crippen molar-refractivity contribution in [3.63, 3.8) is 0 Å². The average Bonchev–Trinajstić information content (AvgIpc) is 2.42. The Bertz CT molecular complexity index is 599. The summed E-state index contributed by atoms with van der Waals surface area (Å²) in [6.07, 6.45) is 0.813. The summed E-state index contributed by atoms with van der Waals surface area (Å²) in [5, 5.41) is 14.0. The summed E-state index contributed by atoms with van der Waals surface area (Å²) in [6.45, 7) is 6.56. The zero-order valence-electron chi connectivity index (χ0n) is 12.4. The molecule has 0 spiro atoms. The van der Waals surface area contributed by atoms with Gasteiger partial charge in [-0.05, 0) is 24.5 Å². The van der Waals surface area contributed by atoms with Gasteiger partial charge < -0.3 is 5.32 Å². The van der Waals surface area contributed by atoms with E-state index in [9.17, 15) is 18.5 Å². The van der Waals surface area contributed by atoms with Crippen LogP contribution in [0.25, 0.3) is 0 Å². The number of benzene rings is 1. The number of sulfonamides is 1. The maximum atomic E-state index is 12.1. The quantitative estimate of drug-likeness (QED) is 0.566. The topological polar surface area (TPSA) is 101 Å². The van der Waals surface area contributed by atoms with Crippen molar-refractivity contribution in [2.75, 3.05) is 18.4 Å². The van der Waals surface area contributed by atoms with Crippen LogP contribution >= 0.6 is 0 Å². The van der Waals surface area contributed by atoms with E-state index in [-0.39, 0.29) is 23.0 Å². The number of nitrogens with one attached hydrogen (secondary N) is 2. The molecule has 0 aliphatic carbocycles. The highest BCUT2D eigenvalue weighted by molar-refractivity contribution is 7.89. The molecule has 0 aliphatic rings. The number of hydrogen-bond acceptors (Lipinski definition) is 5. The molecule has 0 radical (unpaired) electrons. The summed E-state index contributed by atoms with van der Waals surface area (Å²) in [6, 6.07) is 3.88. The van der Waals surface area contributed by atoms with Gasteiger partial charge in [-0.1, -0.05) is 20.8 Å². The van der Waals surface area contributed by atoms with Crippen LogP contribution in [0.15, 0.2) is 23.1 Å². The first-order chi connectivity index (χ1) is 9.77. The van der Waals surface area contributed by atoms with E-state index in [1.165, 1.54) is 12.1 Å². The highest BCUT2D eigenvalue weighted by Gasteiger charge is 2.21. The lowest BCUT2D eigenvalue weighted by molar-refractivity contribution is -0.384. The van der Waals surface area contributed by atoms with E-state index in [0.29, 0.717) is 12.2 Å². The number of nitro benzene ring substituents is 1. The summed E-state index contributed by atoms with van der Waals surface area (Å²) in [5.74, 6) is 0.153. The van der Waals surface area contributed by atoms with Crippen molar-refractivity contribution in [1.29, 1.82) is 0 Å². The number of anilines is 1. The molecule has 0 heterocycles. The number of nitro groups is 1. The molecule has 0 unspecified atom stereocenters. The largest absolute Gasteiger partial charge is 0.380 e. The fourth-order valence-electron chi connectivity index (χ4n) is 1.60. The van der Waals surface area contributed by atoms with E-state index in [2.05, 4.69) is 10.0 Å². The van der Waals surface area contributed by atoms with E-state index in [4.69, 9.17) is 0 Å². The Labute approximate surface area is 124 Å². The standard InChI is InChI=1S/C13H21N3O4S/c1-4-7-14-12-6-5-11(8-13(12)16(17)18)21(19,20)15-9-10(2)3/h5-6,8,10,14-15H,4,7,9H2,1-3H3. The molecule has 0 aliphatic heterocycles. The Morgan fingerprint density at radius 3 is 2.52 bits per heavy atom. The molecular weight excluding hydrogens is 294 g/mol. The van der Waals surface area contributed by atoms with Gasteiger partial charge >= 0.3 is 0 Å². The van der Waals surface area contributed by atoms with Crippen LogP contribution in [-0.2, 0) is 10.0 Å². The average molecular weight is 315 g/mol. The normalized spacial score (nSPS) is 11.6. The first-order valence-electron chi connectivity index (χ1n) is 6.80. The van der Waals surface area contributed by atoms with Crippen LogP contribution in [0, 0.1) is 16.0 Å². The number of hydrogen-bond donors (Lipinski definition) is 2. The fraction of sp³-hybridized carbons (Fsp3) is 0.538. The van der Waals surface area contributed by atoms with Crippen LogP contribution in [0.2, 0.25) is 0 Å². The Morgan fingerprint density at radius 1 is 1.33 bits per heavy atom. The van der Waals surface area contributed by atoms with Gasteiger partial charge in [0.05, 0.1) is 9.82 Å². The maximum Gasteiger partial charge on any atom is 0.293 e. The molecule has 1 rings (SSSR count). The molecule has 0 atom stereocenters. The minimum atomic E-state index is -3.73. The second-order valence-electron chi connectivity index (χ2n) is 5.11. The van der Waals surface area contributed by atoms with Gasteiger partial charge in [-0.2, -0.15) is 0 Å². The summed E-state index contributed by atoms with van der Waals surface area (Å²) in [4.78, 5) is 10.4. The lowest BCUT2D eigenvalue weighted by atomic mass is 10.2. The summed E-state index contributed by atoms with van der Waals surface area (Å²) < 4.78 is 26.6. The SMILES string of the molecule is CCCNc1ccc(S(=O)(=O)NCC(C)C)cc1[N+](=O)[O-]. The van der Waals surface area contributed by atoms with Gasteiger partial charge in [-0.3, -0.25) is 10.1 Å². The second-order valence-corrected chi connectivity index (χ2v) is 6.88. The lowest BCUT2D eigenvalue weighted by Crippen LogP contribution is -2.27. The van der Waals surface area contributed by atoms with Crippen molar-refractivity contribution in [2.45, 2.75) is 32.1 Å². The predicted molar refractivity (Wildman–Crippen MR) is 81.9 cm³/mol. The molecule has 2 N–H and O–H groups in total. The fourth-order valence-corrected chi connectivity index (χ4v) is 2.83. The highest BCUT2D eigenvalue weighted by atomic mass is 32.2. The van der Waals surface area contributed by atoms with Crippen molar-refractivity contribution < 1.29 is 13.3 Å². The molecule has 1 aromatic carbocycles. The molecule has 0 aromatic heterocycles. The molecule has 118 valence electrons. The molecule has 0 saturated heterocycles. The van der Waals surface area contributed by atoms with Crippen LogP contribution in [0.4, 0.5) is 11.4 Å². The first kappa shape index (κ1) is 17.4. The molecule has 1 aromatic rings. The molecule has 7 nitrogen and oxygen atoms in total. The van der Waals surface area contributed by atoms with Crippen LogP contribution in [0.5, 0.6) is 0 Å². The van der Waals surface area contributed by atoms with Gasteiger partial charge in [-0.25, -0.2) is 13.1 Å². The third-order valence-corrected chi connectivity index (χ3v) is 4.14. The van der Waals surface area contributed by atoms with E-state index >= 15 is 0 Å². The molecule has 0 bridgehead atoms. The van der Waals surface area contributed by atoms with Gasteiger partial charge in [-0.15, -0.1) is 0 Å². The van der Waals surface area contributed by atoms with Crippen LogP contribution in [-0.4, -0.2) is 26.4 Å². The molecular formula is C13H21N3O4S. The molecule has 0 amide bonds. The zero-order valence-corrected chi connectivity index (χ0v) is 13.2. The second kappa shape index (κ2) is 7.37. The van der Waals surface area contributed by atoms with Crippen molar-refractivity contribution in [3.05, 3.63) is 28.3 Å². The van der Waals surface area contributed by atoms with Crippen LogP contribution in [0.1, 0.15) is 27.2 Å². The molecule has 21 heavy (non-hydrogen) atoms. The predicted octanol–water partition coefficient (Wildman–Crippen LogP) is 2.35. The van der Waals surface area contributed by atoms with E-state index < -0.39 is 14.9 Å². The molecule has 0 saturated carbocycles. The van der Waals surface area contributed by atoms with E-state index in [1.54, 1.807) is 0 Å². The summed E-state index contributed by atoms with van der Waals surface area (Å²) >= 11 is 0. The monoisotopic (exact) mass is 315 g/mol. The summed E-state index contributed by atoms with van der Waals surface area (Å²) in [7, 11) is -3.73. The van der Waals surface area contributed by atoms with Gasteiger partial charge in [0, 0.05) is 19.2 Å². The van der Waals surface area contributed by atoms with E-state index in [0.717, 1.165) is 12.5 Å². The third kappa shape index (κ3) is 4.98. The van der Waals surface area contributed by atoms with Crippen molar-refractivity contribution in [2.24, 2.45) is 5.92 Å². The summed E-state index contributed by atoms with van der Waals surface area (Å²) in [5.41, 5.74) is 0.0838. The van der Waals surface area contributed by atoms with Crippen molar-refractivity contribution >= 4 is 21.4 Å².